The number of hydrogen-bond donors (Lipinski definition) is 0. The van der Waals surface area contributed by atoms with Gasteiger partial charge in [-0.15, -0.1) is 0 Å². The van der Waals surface area contributed by atoms with Gasteiger partial charge in [0.2, 0.25) is 5.90 Å². The van der Waals surface area contributed by atoms with E-state index in [9.17, 15) is 0 Å². The van der Waals surface area contributed by atoms with Gasteiger partial charge in [0.1, 0.15) is 6.61 Å². The summed E-state index contributed by atoms with van der Waals surface area (Å²) in [4.78, 5) is 4.25. The maximum absolute atomic E-state index is 5.36. The Hall–Kier alpha value is -0.830. The van der Waals surface area contributed by atoms with Gasteiger partial charge >= 0.3 is 0 Å². The summed E-state index contributed by atoms with van der Waals surface area (Å²) in [7, 11) is 0. The van der Waals surface area contributed by atoms with Crippen LogP contribution in [0.2, 0.25) is 0 Å². The molecule has 0 atom stereocenters. The van der Waals surface area contributed by atoms with Gasteiger partial charge in [0.25, 0.3) is 0 Å². The van der Waals surface area contributed by atoms with Crippen molar-refractivity contribution in [2.75, 3.05) is 13.2 Å². The van der Waals surface area contributed by atoms with Gasteiger partial charge in [-0.1, -0.05) is 22.0 Å². The maximum atomic E-state index is 5.36. The first-order valence-electron chi connectivity index (χ1n) is 4.21. The molecule has 0 spiro atoms. The second-order valence-corrected chi connectivity index (χ2v) is 3.85. The summed E-state index contributed by atoms with van der Waals surface area (Å²) >= 11 is 3.48. The van der Waals surface area contributed by atoms with Gasteiger partial charge in [-0.05, 0) is 24.6 Å². The first-order valence-corrected chi connectivity index (χ1v) is 5.00. The molecule has 0 unspecified atom stereocenters. The van der Waals surface area contributed by atoms with E-state index in [1.807, 2.05) is 12.1 Å². The fourth-order valence-corrected chi connectivity index (χ4v) is 1.61. The Kier molecular flexibility index (Phi) is 2.36. The maximum Gasteiger partial charge on any atom is 0.216 e. The third-order valence-corrected chi connectivity index (χ3v) is 2.86. The molecular formula is C10H10BrNO. The molecule has 1 aromatic rings. The Bertz CT molecular complexity index is 360. The van der Waals surface area contributed by atoms with Gasteiger partial charge in [0.15, 0.2) is 0 Å². The molecule has 0 amide bonds. The van der Waals surface area contributed by atoms with E-state index in [2.05, 4.69) is 33.9 Å². The van der Waals surface area contributed by atoms with Crippen molar-refractivity contribution >= 4 is 21.8 Å². The zero-order chi connectivity index (χ0) is 9.26. The topological polar surface area (TPSA) is 21.6 Å². The van der Waals surface area contributed by atoms with E-state index in [1.165, 1.54) is 5.56 Å². The zero-order valence-corrected chi connectivity index (χ0v) is 8.97. The van der Waals surface area contributed by atoms with Gasteiger partial charge in [-0.25, -0.2) is 4.99 Å². The van der Waals surface area contributed by atoms with E-state index in [0.29, 0.717) is 6.61 Å². The lowest BCUT2D eigenvalue weighted by Crippen LogP contribution is -2.00. The van der Waals surface area contributed by atoms with Crippen molar-refractivity contribution in [1.82, 2.24) is 0 Å². The Morgan fingerprint density at radius 2 is 2.31 bits per heavy atom. The molecular weight excluding hydrogens is 230 g/mol. The highest BCUT2D eigenvalue weighted by molar-refractivity contribution is 9.10. The third-order valence-electron chi connectivity index (χ3n) is 2.00. The molecule has 2 rings (SSSR count). The molecule has 0 bridgehead atoms. The fourth-order valence-electron chi connectivity index (χ4n) is 1.24. The monoisotopic (exact) mass is 239 g/mol. The van der Waals surface area contributed by atoms with Crippen LogP contribution >= 0.6 is 15.9 Å². The highest BCUT2D eigenvalue weighted by atomic mass is 79.9. The summed E-state index contributed by atoms with van der Waals surface area (Å²) in [6, 6.07) is 6.13. The van der Waals surface area contributed by atoms with Crippen LogP contribution in [0.5, 0.6) is 0 Å². The quantitative estimate of drug-likeness (QED) is 0.739. The zero-order valence-electron chi connectivity index (χ0n) is 7.38. The molecule has 1 aliphatic rings. The van der Waals surface area contributed by atoms with Gasteiger partial charge < -0.3 is 4.74 Å². The molecule has 1 aromatic carbocycles. The van der Waals surface area contributed by atoms with E-state index in [1.54, 1.807) is 0 Å². The van der Waals surface area contributed by atoms with Crippen molar-refractivity contribution < 1.29 is 4.74 Å². The summed E-state index contributed by atoms with van der Waals surface area (Å²) in [5.74, 6) is 0.765. The van der Waals surface area contributed by atoms with Crippen molar-refractivity contribution in [3.63, 3.8) is 0 Å². The SMILES string of the molecule is Cc1ccc(C2=NCCO2)cc1Br. The molecule has 0 N–H and O–H groups in total. The largest absolute Gasteiger partial charge is 0.476 e. The number of rotatable bonds is 1. The van der Waals surface area contributed by atoms with Crippen LogP contribution in [0.25, 0.3) is 0 Å². The van der Waals surface area contributed by atoms with Crippen molar-refractivity contribution in [2.45, 2.75) is 6.92 Å². The Balaban J connectivity index is 2.36. The molecule has 0 aromatic heterocycles. The third kappa shape index (κ3) is 1.75. The van der Waals surface area contributed by atoms with E-state index >= 15 is 0 Å². The van der Waals surface area contributed by atoms with Crippen molar-refractivity contribution in [3.8, 4) is 0 Å². The highest BCUT2D eigenvalue weighted by Gasteiger charge is 2.10. The van der Waals surface area contributed by atoms with E-state index in [-0.39, 0.29) is 0 Å². The van der Waals surface area contributed by atoms with E-state index in [0.717, 1.165) is 22.5 Å². The molecule has 0 fully saturated rings. The van der Waals surface area contributed by atoms with Gasteiger partial charge in [0.05, 0.1) is 6.54 Å². The minimum atomic E-state index is 0.709. The van der Waals surface area contributed by atoms with Crippen LogP contribution in [0.3, 0.4) is 0 Å². The highest BCUT2D eigenvalue weighted by Crippen LogP contribution is 2.19. The predicted molar refractivity (Wildman–Crippen MR) is 56.2 cm³/mol. The van der Waals surface area contributed by atoms with Crippen LogP contribution in [-0.2, 0) is 4.74 Å². The van der Waals surface area contributed by atoms with E-state index < -0.39 is 0 Å². The number of ether oxygens (including phenoxy) is 1. The predicted octanol–water partition coefficient (Wildman–Crippen LogP) is 2.53. The summed E-state index contributed by atoms with van der Waals surface area (Å²) in [5.41, 5.74) is 2.28. The Labute approximate surface area is 85.8 Å². The minimum Gasteiger partial charge on any atom is -0.476 e. The normalized spacial score (nSPS) is 15.4. The number of benzene rings is 1. The van der Waals surface area contributed by atoms with Crippen molar-refractivity contribution in [1.29, 1.82) is 0 Å². The van der Waals surface area contributed by atoms with Crippen LogP contribution < -0.4 is 0 Å². The van der Waals surface area contributed by atoms with Gasteiger partial charge in [0, 0.05) is 10.0 Å². The molecule has 0 saturated heterocycles. The van der Waals surface area contributed by atoms with Crippen LogP contribution in [0, 0.1) is 6.92 Å². The van der Waals surface area contributed by atoms with Crippen molar-refractivity contribution in [2.24, 2.45) is 4.99 Å². The summed E-state index contributed by atoms with van der Waals surface area (Å²) in [6.45, 7) is 3.55. The summed E-state index contributed by atoms with van der Waals surface area (Å²) < 4.78 is 6.46. The standard InChI is InChI=1S/C10H10BrNO/c1-7-2-3-8(6-9(7)11)10-12-4-5-13-10/h2-3,6H,4-5H2,1H3. The van der Waals surface area contributed by atoms with Crippen LogP contribution in [0.15, 0.2) is 27.7 Å². The Morgan fingerprint density at radius 3 is 2.92 bits per heavy atom. The summed E-state index contributed by atoms with van der Waals surface area (Å²) in [5, 5.41) is 0. The lowest BCUT2D eigenvalue weighted by Gasteiger charge is -2.03. The number of nitrogens with zero attached hydrogens (tertiary/aromatic N) is 1. The van der Waals surface area contributed by atoms with Crippen LogP contribution in [0.1, 0.15) is 11.1 Å². The van der Waals surface area contributed by atoms with Crippen LogP contribution in [-0.4, -0.2) is 19.0 Å². The van der Waals surface area contributed by atoms with Crippen LogP contribution in [0.4, 0.5) is 0 Å². The number of aliphatic imine (C=N–C) groups is 1. The number of hydrogen-bond acceptors (Lipinski definition) is 2. The van der Waals surface area contributed by atoms with Gasteiger partial charge in [-0.3, -0.25) is 0 Å². The molecule has 13 heavy (non-hydrogen) atoms. The molecule has 2 nitrogen and oxygen atoms in total. The lowest BCUT2D eigenvalue weighted by molar-refractivity contribution is 0.348. The smallest absolute Gasteiger partial charge is 0.216 e. The minimum absolute atomic E-state index is 0.709. The average molecular weight is 240 g/mol. The molecule has 3 heteroatoms. The fraction of sp³-hybridized carbons (Fsp3) is 0.300. The molecule has 0 aliphatic carbocycles. The molecule has 1 heterocycles. The van der Waals surface area contributed by atoms with E-state index in [4.69, 9.17) is 4.74 Å². The Morgan fingerprint density at radius 1 is 1.46 bits per heavy atom. The number of aryl methyl sites for hydroxylation is 1. The lowest BCUT2D eigenvalue weighted by atomic mass is 10.1. The average Bonchev–Trinajstić information content (AvgIpc) is 2.62. The molecule has 68 valence electrons. The summed E-state index contributed by atoms with van der Waals surface area (Å²) in [6.07, 6.45) is 0. The molecule has 0 radical (unpaired) electrons. The first kappa shape index (κ1) is 8.75. The second kappa shape index (κ2) is 3.50. The van der Waals surface area contributed by atoms with Gasteiger partial charge in [-0.2, -0.15) is 0 Å². The number of halogens is 1. The second-order valence-electron chi connectivity index (χ2n) is 3.00. The molecule has 1 aliphatic heterocycles. The molecule has 0 saturated carbocycles. The first-order chi connectivity index (χ1) is 6.27. The van der Waals surface area contributed by atoms with Crippen molar-refractivity contribution in [3.05, 3.63) is 33.8 Å².